The van der Waals surface area contributed by atoms with E-state index in [1.807, 2.05) is 28.1 Å². The third-order valence-electron chi connectivity index (χ3n) is 3.84. The molecule has 0 spiro atoms. The Morgan fingerprint density at radius 1 is 1.26 bits per heavy atom. The summed E-state index contributed by atoms with van der Waals surface area (Å²) < 4.78 is 13.1. The number of thiazole rings is 1. The molecule has 0 atom stereocenters. The molecule has 0 aliphatic rings. The molecule has 0 N–H and O–H groups in total. The predicted molar refractivity (Wildman–Crippen MR) is 106 cm³/mol. The van der Waals surface area contributed by atoms with Gasteiger partial charge in [0.25, 0.3) is 5.91 Å². The van der Waals surface area contributed by atoms with Gasteiger partial charge in [-0.1, -0.05) is 17.4 Å². The zero-order chi connectivity index (χ0) is 19.2. The van der Waals surface area contributed by atoms with Crippen molar-refractivity contribution in [1.29, 1.82) is 0 Å². The van der Waals surface area contributed by atoms with Crippen molar-refractivity contribution in [2.45, 2.75) is 19.9 Å². The first-order valence-electron chi connectivity index (χ1n) is 8.51. The summed E-state index contributed by atoms with van der Waals surface area (Å²) in [6.45, 7) is 3.17. The SMILES string of the molecule is CCOC(=O)c1ccc2c(c1)sc(=NC(=O)Cc1cccs1)n2CCOC. The summed E-state index contributed by atoms with van der Waals surface area (Å²) in [5.41, 5.74) is 1.40. The fourth-order valence-corrected chi connectivity index (χ4v) is 4.42. The fourth-order valence-electron chi connectivity index (χ4n) is 2.61. The number of hydrogen-bond donors (Lipinski definition) is 0. The van der Waals surface area contributed by atoms with Crippen LogP contribution in [0.2, 0.25) is 0 Å². The van der Waals surface area contributed by atoms with Gasteiger partial charge in [0.05, 0.1) is 35.4 Å². The Hall–Kier alpha value is -2.29. The molecule has 0 aliphatic heterocycles. The van der Waals surface area contributed by atoms with Crippen molar-refractivity contribution in [3.63, 3.8) is 0 Å². The molecular formula is C19H20N2O4S2. The average Bonchev–Trinajstić information content (AvgIpc) is 3.27. The van der Waals surface area contributed by atoms with Gasteiger partial charge >= 0.3 is 5.97 Å². The summed E-state index contributed by atoms with van der Waals surface area (Å²) in [6, 6.07) is 9.21. The Morgan fingerprint density at radius 3 is 2.81 bits per heavy atom. The lowest BCUT2D eigenvalue weighted by Crippen LogP contribution is -2.19. The van der Waals surface area contributed by atoms with Crippen molar-refractivity contribution < 1.29 is 19.1 Å². The predicted octanol–water partition coefficient (Wildman–Crippen LogP) is 3.26. The average molecular weight is 405 g/mol. The second kappa shape index (κ2) is 9.07. The zero-order valence-electron chi connectivity index (χ0n) is 15.1. The number of nitrogens with zero attached hydrogens (tertiary/aromatic N) is 2. The van der Waals surface area contributed by atoms with Crippen molar-refractivity contribution in [2.75, 3.05) is 20.3 Å². The van der Waals surface area contributed by atoms with E-state index in [-0.39, 0.29) is 18.3 Å². The van der Waals surface area contributed by atoms with Crippen LogP contribution < -0.4 is 4.80 Å². The minimum absolute atomic E-state index is 0.194. The molecule has 1 amide bonds. The maximum atomic E-state index is 12.4. The minimum Gasteiger partial charge on any atom is -0.462 e. The normalized spacial score (nSPS) is 11.9. The molecule has 0 bridgehead atoms. The van der Waals surface area contributed by atoms with Crippen LogP contribution in [0.25, 0.3) is 10.2 Å². The molecular weight excluding hydrogens is 384 g/mol. The molecule has 8 heteroatoms. The molecule has 0 radical (unpaired) electrons. The molecule has 1 aromatic carbocycles. The van der Waals surface area contributed by atoms with Gasteiger partial charge in [-0.3, -0.25) is 4.79 Å². The summed E-state index contributed by atoms with van der Waals surface area (Å²) in [5, 5.41) is 1.94. The highest BCUT2D eigenvalue weighted by Crippen LogP contribution is 2.20. The van der Waals surface area contributed by atoms with Crippen LogP contribution in [0, 0.1) is 0 Å². The molecule has 3 rings (SSSR count). The molecule has 0 saturated carbocycles. The summed E-state index contributed by atoms with van der Waals surface area (Å²) in [7, 11) is 1.63. The number of esters is 1. The van der Waals surface area contributed by atoms with Crippen molar-refractivity contribution >= 4 is 44.8 Å². The van der Waals surface area contributed by atoms with Crippen molar-refractivity contribution in [2.24, 2.45) is 4.99 Å². The molecule has 2 aromatic heterocycles. The number of carbonyl (C=O) groups is 2. The summed E-state index contributed by atoms with van der Waals surface area (Å²) in [6.07, 6.45) is 0.282. The quantitative estimate of drug-likeness (QED) is 0.567. The topological polar surface area (TPSA) is 69.9 Å². The van der Waals surface area contributed by atoms with Crippen LogP contribution in [0.15, 0.2) is 40.7 Å². The van der Waals surface area contributed by atoms with E-state index >= 15 is 0 Å². The molecule has 0 aliphatic carbocycles. The standard InChI is InChI=1S/C19H20N2O4S2/c1-3-25-18(23)13-6-7-15-16(11-13)27-19(21(15)8-9-24-2)20-17(22)12-14-5-4-10-26-14/h4-7,10-11H,3,8-9,12H2,1-2H3. The van der Waals surface area contributed by atoms with Crippen LogP contribution in [0.3, 0.4) is 0 Å². The van der Waals surface area contributed by atoms with Gasteiger partial charge in [0.2, 0.25) is 0 Å². The van der Waals surface area contributed by atoms with E-state index in [1.165, 1.54) is 22.7 Å². The molecule has 0 unspecified atom stereocenters. The fraction of sp³-hybridized carbons (Fsp3) is 0.316. The lowest BCUT2D eigenvalue weighted by molar-refractivity contribution is -0.117. The number of hydrogen-bond acceptors (Lipinski definition) is 6. The first kappa shape index (κ1) is 19.5. The lowest BCUT2D eigenvalue weighted by Gasteiger charge is -2.05. The molecule has 0 saturated heterocycles. The number of benzene rings is 1. The molecule has 0 fully saturated rings. The number of thiophene rings is 1. The number of rotatable bonds is 7. The van der Waals surface area contributed by atoms with Gasteiger partial charge in [-0.15, -0.1) is 11.3 Å². The Morgan fingerprint density at radius 2 is 2.11 bits per heavy atom. The van der Waals surface area contributed by atoms with Crippen molar-refractivity contribution in [3.8, 4) is 0 Å². The number of ether oxygens (including phenoxy) is 2. The third kappa shape index (κ3) is 4.71. The van der Waals surface area contributed by atoms with Crippen LogP contribution in [0.4, 0.5) is 0 Å². The van der Waals surface area contributed by atoms with E-state index in [4.69, 9.17) is 9.47 Å². The lowest BCUT2D eigenvalue weighted by atomic mass is 10.2. The first-order valence-corrected chi connectivity index (χ1v) is 10.2. The van der Waals surface area contributed by atoms with Crippen molar-refractivity contribution in [1.82, 2.24) is 4.57 Å². The van der Waals surface area contributed by atoms with Gasteiger partial charge in [-0.05, 0) is 36.6 Å². The number of methoxy groups -OCH3 is 1. The van der Waals surface area contributed by atoms with Crippen LogP contribution in [0.5, 0.6) is 0 Å². The monoisotopic (exact) mass is 404 g/mol. The molecule has 3 aromatic rings. The second-order valence-corrected chi connectivity index (χ2v) is 7.74. The van der Waals surface area contributed by atoms with Crippen molar-refractivity contribution in [3.05, 3.63) is 51.0 Å². The highest BCUT2D eigenvalue weighted by molar-refractivity contribution is 7.16. The molecule has 6 nitrogen and oxygen atoms in total. The van der Waals surface area contributed by atoms with Gasteiger partial charge in [-0.25, -0.2) is 4.79 Å². The summed E-state index contributed by atoms with van der Waals surface area (Å²) in [4.78, 5) is 30.3. The highest BCUT2D eigenvalue weighted by atomic mass is 32.1. The summed E-state index contributed by atoms with van der Waals surface area (Å²) in [5.74, 6) is -0.552. The largest absolute Gasteiger partial charge is 0.462 e. The summed E-state index contributed by atoms with van der Waals surface area (Å²) >= 11 is 2.92. The minimum atomic E-state index is -0.358. The second-order valence-electron chi connectivity index (χ2n) is 5.69. The van der Waals surface area contributed by atoms with E-state index in [0.29, 0.717) is 30.1 Å². The number of carbonyl (C=O) groups excluding carboxylic acids is 2. The first-order chi connectivity index (χ1) is 13.1. The van der Waals surface area contributed by atoms with Gasteiger partial charge in [0, 0.05) is 18.5 Å². The van der Waals surface area contributed by atoms with Gasteiger partial charge < -0.3 is 14.0 Å². The van der Waals surface area contributed by atoms with E-state index in [1.54, 1.807) is 26.2 Å². The van der Waals surface area contributed by atoms with Crippen LogP contribution in [0.1, 0.15) is 22.2 Å². The Balaban J connectivity index is 2.00. The van der Waals surface area contributed by atoms with E-state index < -0.39 is 0 Å². The Labute approximate surface area is 164 Å². The number of amides is 1. The third-order valence-corrected chi connectivity index (χ3v) is 5.76. The van der Waals surface area contributed by atoms with E-state index in [0.717, 1.165) is 15.1 Å². The zero-order valence-corrected chi connectivity index (χ0v) is 16.8. The Kier molecular flexibility index (Phi) is 6.54. The van der Waals surface area contributed by atoms with Crippen LogP contribution in [-0.2, 0) is 27.2 Å². The van der Waals surface area contributed by atoms with Gasteiger partial charge in [0.1, 0.15) is 0 Å². The highest BCUT2D eigenvalue weighted by Gasteiger charge is 2.13. The van der Waals surface area contributed by atoms with Gasteiger partial charge in [-0.2, -0.15) is 4.99 Å². The maximum absolute atomic E-state index is 12.4. The molecule has 27 heavy (non-hydrogen) atoms. The Bertz CT molecular complexity index is 1000. The number of aromatic nitrogens is 1. The smallest absolute Gasteiger partial charge is 0.338 e. The van der Waals surface area contributed by atoms with E-state index in [9.17, 15) is 9.59 Å². The van der Waals surface area contributed by atoms with Gasteiger partial charge in [0.15, 0.2) is 4.80 Å². The van der Waals surface area contributed by atoms with Crippen LogP contribution in [-0.4, -0.2) is 36.8 Å². The van der Waals surface area contributed by atoms with E-state index in [2.05, 4.69) is 4.99 Å². The van der Waals surface area contributed by atoms with Crippen LogP contribution >= 0.6 is 22.7 Å². The molecule has 2 heterocycles. The maximum Gasteiger partial charge on any atom is 0.338 e. The number of fused-ring (bicyclic) bond motifs is 1. The molecule has 142 valence electrons.